The molecule has 0 heterocycles. The van der Waals surface area contributed by atoms with E-state index in [1.54, 1.807) is 0 Å². The zero-order valence-electron chi connectivity index (χ0n) is 12.2. The quantitative estimate of drug-likeness (QED) is 0.870. The van der Waals surface area contributed by atoms with Crippen molar-refractivity contribution in [2.75, 3.05) is 5.32 Å². The van der Waals surface area contributed by atoms with Crippen LogP contribution >= 0.6 is 0 Å². The zero-order chi connectivity index (χ0) is 14.6. The van der Waals surface area contributed by atoms with E-state index in [1.165, 1.54) is 0 Å². The molecular formula is C16H23NO3. The first kappa shape index (κ1) is 15.0. The molecule has 4 heteroatoms. The number of hydrogen-bond donors (Lipinski definition) is 2. The first-order valence-electron chi connectivity index (χ1n) is 7.24. The first-order chi connectivity index (χ1) is 9.49. The molecule has 2 N–H and O–H groups in total. The van der Waals surface area contributed by atoms with Gasteiger partial charge in [-0.3, -0.25) is 4.79 Å². The lowest BCUT2D eigenvalue weighted by atomic mass is 10.0. The second kappa shape index (κ2) is 6.37. The largest absolute Gasteiger partial charge is 0.380 e. The highest BCUT2D eigenvalue weighted by Crippen LogP contribution is 2.30. The zero-order valence-corrected chi connectivity index (χ0v) is 12.2. The maximum Gasteiger partial charge on any atom is 0.256 e. The molecule has 1 fully saturated rings. The molecular weight excluding hydrogens is 254 g/mol. The van der Waals surface area contributed by atoms with E-state index in [2.05, 4.69) is 5.32 Å². The van der Waals surface area contributed by atoms with Crippen LogP contribution in [-0.2, 0) is 16.1 Å². The molecule has 0 aliphatic heterocycles. The van der Waals surface area contributed by atoms with Crippen molar-refractivity contribution in [1.82, 2.24) is 0 Å². The predicted molar refractivity (Wildman–Crippen MR) is 78.4 cm³/mol. The number of rotatable bonds is 5. The van der Waals surface area contributed by atoms with Gasteiger partial charge in [0.05, 0.1) is 12.7 Å². The number of benzene rings is 1. The van der Waals surface area contributed by atoms with Crippen molar-refractivity contribution in [1.29, 1.82) is 0 Å². The van der Waals surface area contributed by atoms with Crippen LogP contribution in [0.15, 0.2) is 24.3 Å². The molecule has 0 saturated heterocycles. The van der Waals surface area contributed by atoms with E-state index < -0.39 is 5.60 Å². The van der Waals surface area contributed by atoms with Gasteiger partial charge in [0.25, 0.3) is 5.91 Å². The van der Waals surface area contributed by atoms with E-state index >= 15 is 0 Å². The summed E-state index contributed by atoms with van der Waals surface area (Å²) >= 11 is 0. The molecule has 0 unspecified atom stereocenters. The Labute approximate surface area is 120 Å². The van der Waals surface area contributed by atoms with Gasteiger partial charge in [-0.05, 0) is 57.2 Å². The van der Waals surface area contributed by atoms with Crippen molar-refractivity contribution in [3.63, 3.8) is 0 Å². The number of anilines is 1. The minimum atomic E-state index is -1.19. The second-order valence-corrected chi connectivity index (χ2v) is 5.75. The summed E-state index contributed by atoms with van der Waals surface area (Å²) in [5.74, 6) is -0.295. The molecule has 0 spiro atoms. The molecule has 1 aromatic rings. The lowest BCUT2D eigenvalue weighted by Crippen LogP contribution is -2.40. The predicted octanol–water partition coefficient (Wildman–Crippen LogP) is 2.86. The Bertz CT molecular complexity index is 465. The second-order valence-electron chi connectivity index (χ2n) is 5.75. The highest BCUT2D eigenvalue weighted by Gasteiger charge is 2.38. The van der Waals surface area contributed by atoms with Crippen molar-refractivity contribution in [3.05, 3.63) is 29.8 Å². The van der Waals surface area contributed by atoms with E-state index in [-0.39, 0.29) is 12.0 Å². The van der Waals surface area contributed by atoms with Crippen LogP contribution in [0.2, 0.25) is 0 Å². The van der Waals surface area contributed by atoms with Gasteiger partial charge in [0, 0.05) is 5.69 Å². The average molecular weight is 277 g/mol. The van der Waals surface area contributed by atoms with Crippen LogP contribution < -0.4 is 5.32 Å². The van der Waals surface area contributed by atoms with E-state index in [0.29, 0.717) is 25.1 Å². The fourth-order valence-electron chi connectivity index (χ4n) is 2.44. The van der Waals surface area contributed by atoms with Crippen molar-refractivity contribution in [2.45, 2.75) is 57.8 Å². The molecule has 2 rings (SSSR count). The van der Waals surface area contributed by atoms with Gasteiger partial charge in [0.15, 0.2) is 0 Å². The van der Waals surface area contributed by atoms with Crippen LogP contribution in [0.1, 0.15) is 45.1 Å². The van der Waals surface area contributed by atoms with Crippen LogP contribution in [0.4, 0.5) is 5.69 Å². The molecule has 1 amide bonds. The molecule has 1 aliphatic rings. The summed E-state index contributed by atoms with van der Waals surface area (Å²) in [5.41, 5.74) is 0.528. The van der Waals surface area contributed by atoms with Gasteiger partial charge in [-0.15, -0.1) is 0 Å². The summed E-state index contributed by atoms with van der Waals surface area (Å²) in [4.78, 5) is 12.1. The summed E-state index contributed by atoms with van der Waals surface area (Å²) in [5, 5.41) is 13.0. The Morgan fingerprint density at radius 1 is 1.40 bits per heavy atom. The Morgan fingerprint density at radius 2 is 2.10 bits per heavy atom. The molecule has 20 heavy (non-hydrogen) atoms. The number of carbonyl (C=O) groups excluding carboxylic acids is 1. The number of aliphatic hydroxyl groups is 1. The van der Waals surface area contributed by atoms with E-state index in [4.69, 9.17) is 4.74 Å². The van der Waals surface area contributed by atoms with Gasteiger partial charge in [-0.25, -0.2) is 0 Å². The Balaban J connectivity index is 1.98. The van der Waals surface area contributed by atoms with Crippen LogP contribution in [0, 0.1) is 0 Å². The van der Waals surface area contributed by atoms with Crippen LogP contribution in [-0.4, -0.2) is 22.7 Å². The van der Waals surface area contributed by atoms with Gasteiger partial charge in [-0.2, -0.15) is 0 Å². The molecule has 0 radical (unpaired) electrons. The minimum Gasteiger partial charge on any atom is -0.380 e. The Hall–Kier alpha value is -1.39. The molecule has 1 aliphatic carbocycles. The molecule has 1 aromatic carbocycles. The third-order valence-corrected chi connectivity index (χ3v) is 3.62. The van der Waals surface area contributed by atoms with Crippen molar-refractivity contribution >= 4 is 11.6 Å². The number of nitrogens with one attached hydrogen (secondary N) is 1. The fourth-order valence-corrected chi connectivity index (χ4v) is 2.44. The third-order valence-electron chi connectivity index (χ3n) is 3.62. The topological polar surface area (TPSA) is 58.6 Å². The molecule has 0 aromatic heterocycles. The fraction of sp³-hybridized carbons (Fsp3) is 0.562. The first-order valence-corrected chi connectivity index (χ1v) is 7.24. The monoisotopic (exact) mass is 277 g/mol. The summed E-state index contributed by atoms with van der Waals surface area (Å²) in [6.07, 6.45) is 3.09. The smallest absolute Gasteiger partial charge is 0.256 e. The van der Waals surface area contributed by atoms with Gasteiger partial charge in [0.2, 0.25) is 0 Å². The van der Waals surface area contributed by atoms with E-state index in [1.807, 2.05) is 38.1 Å². The Kier molecular flexibility index (Phi) is 4.78. The summed E-state index contributed by atoms with van der Waals surface area (Å²) < 4.78 is 5.55. The van der Waals surface area contributed by atoms with Gasteiger partial charge < -0.3 is 15.2 Å². The number of carbonyl (C=O) groups is 1. The standard InChI is InChI=1S/C16H23NO3/c1-12(2)20-11-13-6-5-7-14(10-13)17-15(18)16(19)8-3-4-9-16/h5-7,10,12,19H,3-4,8-9,11H2,1-2H3,(H,17,18). The average Bonchev–Trinajstić information content (AvgIpc) is 2.85. The number of ether oxygens (including phenoxy) is 1. The molecule has 4 nitrogen and oxygen atoms in total. The molecule has 1 saturated carbocycles. The van der Waals surface area contributed by atoms with Crippen LogP contribution in [0.5, 0.6) is 0 Å². The van der Waals surface area contributed by atoms with E-state index in [0.717, 1.165) is 18.4 Å². The number of amides is 1. The molecule has 0 bridgehead atoms. The highest BCUT2D eigenvalue weighted by molar-refractivity contribution is 5.97. The SMILES string of the molecule is CC(C)OCc1cccc(NC(=O)C2(O)CCCC2)c1. The summed E-state index contributed by atoms with van der Waals surface area (Å²) in [7, 11) is 0. The third kappa shape index (κ3) is 3.81. The van der Waals surface area contributed by atoms with Crippen molar-refractivity contribution in [3.8, 4) is 0 Å². The van der Waals surface area contributed by atoms with Crippen LogP contribution in [0.3, 0.4) is 0 Å². The highest BCUT2D eigenvalue weighted by atomic mass is 16.5. The normalized spacial score (nSPS) is 17.4. The minimum absolute atomic E-state index is 0.174. The number of hydrogen-bond acceptors (Lipinski definition) is 3. The van der Waals surface area contributed by atoms with E-state index in [9.17, 15) is 9.90 Å². The summed E-state index contributed by atoms with van der Waals surface area (Å²) in [6.45, 7) is 4.49. The van der Waals surface area contributed by atoms with Crippen LogP contribution in [0.25, 0.3) is 0 Å². The van der Waals surface area contributed by atoms with Crippen molar-refractivity contribution in [2.24, 2.45) is 0 Å². The lowest BCUT2D eigenvalue weighted by molar-refractivity contribution is -0.133. The lowest BCUT2D eigenvalue weighted by Gasteiger charge is -2.21. The van der Waals surface area contributed by atoms with Gasteiger partial charge in [-0.1, -0.05) is 12.1 Å². The molecule has 110 valence electrons. The van der Waals surface area contributed by atoms with Gasteiger partial charge >= 0.3 is 0 Å². The maximum atomic E-state index is 12.1. The van der Waals surface area contributed by atoms with Gasteiger partial charge in [0.1, 0.15) is 5.60 Å². The molecule has 0 atom stereocenters. The van der Waals surface area contributed by atoms with Crippen molar-refractivity contribution < 1.29 is 14.6 Å². The Morgan fingerprint density at radius 3 is 2.75 bits per heavy atom. The maximum absolute atomic E-state index is 12.1. The summed E-state index contributed by atoms with van der Waals surface area (Å²) in [6, 6.07) is 7.56.